The first-order chi connectivity index (χ1) is 11.3. The van der Waals surface area contributed by atoms with Gasteiger partial charge in [-0.3, -0.25) is 0 Å². The Bertz CT molecular complexity index is 760. The van der Waals surface area contributed by atoms with E-state index in [0.29, 0.717) is 5.92 Å². The summed E-state index contributed by atoms with van der Waals surface area (Å²) in [5.41, 5.74) is 6.97. The highest BCUT2D eigenvalue weighted by atomic mass is 16.5. The lowest BCUT2D eigenvalue weighted by atomic mass is 9.76. The molecule has 0 bridgehead atoms. The largest absolute Gasteiger partial charge is 0.496 e. The third-order valence-electron chi connectivity index (χ3n) is 5.06. The summed E-state index contributed by atoms with van der Waals surface area (Å²) < 4.78 is 11.8. The van der Waals surface area contributed by atoms with Crippen LogP contribution in [-0.4, -0.2) is 13.7 Å². The Balaban J connectivity index is 1.87. The second-order valence-electron chi connectivity index (χ2n) is 6.45. The van der Waals surface area contributed by atoms with E-state index in [1.807, 2.05) is 12.1 Å². The van der Waals surface area contributed by atoms with E-state index in [9.17, 15) is 0 Å². The maximum atomic E-state index is 6.27. The van der Waals surface area contributed by atoms with Crippen molar-refractivity contribution >= 4 is 5.57 Å². The van der Waals surface area contributed by atoms with Crippen molar-refractivity contribution in [3.05, 3.63) is 70.8 Å². The molecule has 2 aromatic rings. The van der Waals surface area contributed by atoms with E-state index in [0.717, 1.165) is 30.8 Å². The van der Waals surface area contributed by atoms with Crippen LogP contribution in [0.2, 0.25) is 0 Å². The molecule has 1 aliphatic carbocycles. The van der Waals surface area contributed by atoms with Crippen molar-refractivity contribution in [2.75, 3.05) is 13.7 Å². The molecule has 2 aliphatic rings. The molecule has 2 atom stereocenters. The quantitative estimate of drug-likeness (QED) is 0.793. The van der Waals surface area contributed by atoms with Gasteiger partial charge in [0.25, 0.3) is 0 Å². The van der Waals surface area contributed by atoms with Gasteiger partial charge in [0.05, 0.1) is 13.7 Å². The second kappa shape index (κ2) is 5.86. The molecule has 0 amide bonds. The van der Waals surface area contributed by atoms with Crippen LogP contribution in [0.15, 0.2) is 54.1 Å². The first kappa shape index (κ1) is 14.5. The normalized spacial score (nSPS) is 23.2. The van der Waals surface area contributed by atoms with Crippen LogP contribution in [-0.2, 0) is 11.2 Å². The van der Waals surface area contributed by atoms with E-state index >= 15 is 0 Å². The lowest BCUT2D eigenvalue weighted by Gasteiger charge is -2.37. The van der Waals surface area contributed by atoms with E-state index < -0.39 is 0 Å². The van der Waals surface area contributed by atoms with Crippen molar-refractivity contribution in [3.8, 4) is 5.75 Å². The number of fused-ring (bicyclic) bond motifs is 2. The fourth-order valence-electron chi connectivity index (χ4n) is 4.02. The molecule has 1 heterocycles. The van der Waals surface area contributed by atoms with Gasteiger partial charge in [-0.05, 0) is 41.2 Å². The number of benzene rings is 2. The molecular formula is C21H22O2. The number of hydrogen-bond acceptors (Lipinski definition) is 2. The number of aryl methyl sites for hydroxylation is 1. The van der Waals surface area contributed by atoms with Crippen molar-refractivity contribution in [1.82, 2.24) is 0 Å². The average molecular weight is 306 g/mol. The van der Waals surface area contributed by atoms with Gasteiger partial charge in [0, 0.05) is 11.5 Å². The van der Waals surface area contributed by atoms with Gasteiger partial charge in [-0.1, -0.05) is 49.4 Å². The zero-order valence-corrected chi connectivity index (χ0v) is 13.7. The van der Waals surface area contributed by atoms with Crippen LogP contribution in [0.3, 0.4) is 0 Å². The van der Waals surface area contributed by atoms with Crippen molar-refractivity contribution in [1.29, 1.82) is 0 Å². The van der Waals surface area contributed by atoms with Gasteiger partial charge in [-0.25, -0.2) is 0 Å². The summed E-state index contributed by atoms with van der Waals surface area (Å²) in [5.74, 6) is 1.36. The van der Waals surface area contributed by atoms with Crippen LogP contribution in [0.4, 0.5) is 0 Å². The van der Waals surface area contributed by atoms with Gasteiger partial charge in [-0.15, -0.1) is 0 Å². The number of methoxy groups -OCH3 is 1. The molecular weight excluding hydrogens is 284 g/mol. The Kier molecular flexibility index (Phi) is 3.70. The Hall–Kier alpha value is -2.06. The number of rotatable bonds is 2. The van der Waals surface area contributed by atoms with E-state index in [-0.39, 0.29) is 6.10 Å². The molecule has 0 saturated heterocycles. The lowest BCUT2D eigenvalue weighted by molar-refractivity contribution is 0.0497. The number of ether oxygens (including phenoxy) is 2. The van der Waals surface area contributed by atoms with Gasteiger partial charge in [0.1, 0.15) is 11.9 Å². The molecule has 0 radical (unpaired) electrons. The van der Waals surface area contributed by atoms with Gasteiger partial charge < -0.3 is 9.47 Å². The van der Waals surface area contributed by atoms with E-state index in [1.165, 1.54) is 22.3 Å². The summed E-state index contributed by atoms with van der Waals surface area (Å²) in [6, 6.07) is 17.1. The summed E-state index contributed by atoms with van der Waals surface area (Å²) in [7, 11) is 1.73. The molecule has 118 valence electrons. The molecule has 0 aromatic heterocycles. The minimum absolute atomic E-state index is 0.0192. The smallest absolute Gasteiger partial charge is 0.125 e. The second-order valence-corrected chi connectivity index (χ2v) is 6.45. The Morgan fingerprint density at radius 3 is 2.65 bits per heavy atom. The van der Waals surface area contributed by atoms with Crippen LogP contribution in [0.25, 0.3) is 5.57 Å². The Morgan fingerprint density at radius 2 is 1.78 bits per heavy atom. The molecule has 0 unspecified atom stereocenters. The third kappa shape index (κ3) is 2.38. The average Bonchev–Trinajstić information content (AvgIpc) is 2.61. The monoisotopic (exact) mass is 306 g/mol. The summed E-state index contributed by atoms with van der Waals surface area (Å²) in [6.45, 7) is 3.03. The van der Waals surface area contributed by atoms with Crippen molar-refractivity contribution in [2.45, 2.75) is 25.9 Å². The third-order valence-corrected chi connectivity index (χ3v) is 5.06. The standard InChI is InChI=1S/C21H22O2/c1-14-13-23-21(17-9-5-6-10-19(17)22-2)18-12-11-15-7-3-4-8-16(15)20(14)18/h3-10,14,21H,11-13H2,1-2H3/t14-,21-/m0/s1. The summed E-state index contributed by atoms with van der Waals surface area (Å²) in [5, 5.41) is 0. The summed E-state index contributed by atoms with van der Waals surface area (Å²) in [4.78, 5) is 0. The molecule has 23 heavy (non-hydrogen) atoms. The summed E-state index contributed by atoms with van der Waals surface area (Å²) in [6.07, 6.45) is 2.18. The van der Waals surface area contributed by atoms with Crippen LogP contribution in [0.5, 0.6) is 5.75 Å². The van der Waals surface area contributed by atoms with Crippen LogP contribution >= 0.6 is 0 Å². The van der Waals surface area contributed by atoms with Crippen LogP contribution < -0.4 is 4.74 Å². The van der Waals surface area contributed by atoms with Crippen molar-refractivity contribution in [3.63, 3.8) is 0 Å². The molecule has 1 aliphatic heterocycles. The zero-order chi connectivity index (χ0) is 15.8. The van der Waals surface area contributed by atoms with Gasteiger partial charge in [-0.2, -0.15) is 0 Å². The van der Waals surface area contributed by atoms with E-state index in [2.05, 4.69) is 43.3 Å². The van der Waals surface area contributed by atoms with Gasteiger partial charge in [0.15, 0.2) is 0 Å². The maximum absolute atomic E-state index is 6.27. The minimum atomic E-state index is 0.0192. The zero-order valence-electron chi connectivity index (χ0n) is 13.7. The van der Waals surface area contributed by atoms with Crippen molar-refractivity contribution < 1.29 is 9.47 Å². The predicted molar refractivity (Wildman–Crippen MR) is 92.5 cm³/mol. The summed E-state index contributed by atoms with van der Waals surface area (Å²) >= 11 is 0. The number of para-hydroxylation sites is 1. The highest BCUT2D eigenvalue weighted by molar-refractivity contribution is 5.76. The lowest BCUT2D eigenvalue weighted by Crippen LogP contribution is -2.26. The highest BCUT2D eigenvalue weighted by Gasteiger charge is 2.34. The van der Waals surface area contributed by atoms with Crippen LogP contribution in [0, 0.1) is 5.92 Å². The molecule has 0 N–H and O–H groups in total. The fourth-order valence-corrected chi connectivity index (χ4v) is 4.02. The van der Waals surface area contributed by atoms with Crippen molar-refractivity contribution in [2.24, 2.45) is 5.92 Å². The fraction of sp³-hybridized carbons (Fsp3) is 0.333. The Labute approximate surface area is 137 Å². The number of hydrogen-bond donors (Lipinski definition) is 0. The maximum Gasteiger partial charge on any atom is 0.125 e. The van der Waals surface area contributed by atoms with E-state index in [1.54, 1.807) is 7.11 Å². The first-order valence-corrected chi connectivity index (χ1v) is 8.35. The minimum Gasteiger partial charge on any atom is -0.496 e. The molecule has 0 saturated carbocycles. The molecule has 0 fully saturated rings. The topological polar surface area (TPSA) is 18.5 Å². The predicted octanol–water partition coefficient (Wildman–Crippen LogP) is 4.80. The van der Waals surface area contributed by atoms with Crippen LogP contribution in [0.1, 0.15) is 36.1 Å². The molecule has 4 rings (SSSR count). The SMILES string of the molecule is COc1ccccc1[C@@H]1OC[C@H](C)C2=C1CCc1ccccc12. The Morgan fingerprint density at radius 1 is 1.00 bits per heavy atom. The van der Waals surface area contributed by atoms with Gasteiger partial charge >= 0.3 is 0 Å². The molecule has 2 aromatic carbocycles. The highest BCUT2D eigenvalue weighted by Crippen LogP contribution is 2.47. The van der Waals surface area contributed by atoms with Gasteiger partial charge in [0.2, 0.25) is 0 Å². The molecule has 2 heteroatoms. The molecule has 0 spiro atoms. The van der Waals surface area contributed by atoms with E-state index in [4.69, 9.17) is 9.47 Å². The first-order valence-electron chi connectivity index (χ1n) is 8.35. The molecule has 2 nitrogen and oxygen atoms in total.